The van der Waals surface area contributed by atoms with E-state index in [1.54, 1.807) is 44.0 Å². The fourth-order valence-electron chi connectivity index (χ4n) is 11.6. The number of ether oxygens (including phenoxy) is 3. The number of nitriles is 1. The number of amides is 2. The van der Waals surface area contributed by atoms with E-state index in [0.29, 0.717) is 60.2 Å². The van der Waals surface area contributed by atoms with Crippen LogP contribution in [0.4, 0.5) is 0 Å². The van der Waals surface area contributed by atoms with E-state index in [2.05, 4.69) is 77.4 Å². The van der Waals surface area contributed by atoms with E-state index < -0.39 is 5.60 Å². The van der Waals surface area contributed by atoms with Crippen molar-refractivity contribution >= 4 is 29.0 Å². The third kappa shape index (κ3) is 8.74. The number of hydrogen-bond donors (Lipinski definition) is 6. The molecule has 6 N–H and O–H groups in total. The Labute approximate surface area is 393 Å². The van der Waals surface area contributed by atoms with Crippen molar-refractivity contribution < 1.29 is 28.9 Å². The lowest BCUT2D eigenvalue weighted by Crippen LogP contribution is -2.75. The highest BCUT2D eigenvalue weighted by molar-refractivity contribution is 6.31. The third-order valence-corrected chi connectivity index (χ3v) is 15.5. The Kier molecular flexibility index (Phi) is 12.6. The molecule has 0 aromatic heterocycles. The van der Waals surface area contributed by atoms with E-state index in [1.807, 2.05) is 36.5 Å². The Morgan fingerprint density at radius 2 is 1.64 bits per heavy atom. The first-order valence-corrected chi connectivity index (χ1v) is 23.9. The van der Waals surface area contributed by atoms with Crippen LogP contribution < -0.4 is 36.1 Å². The SMILES string of the molecule is CN1C=C(c2cc(C(C)(C)O)ccc2Oc2ccc(C3(NC4CCN(C5NCC(C(=O)NC6C(C)(C)C(Oc7ccc(C#N)c(Cl)c7)C6(C)C)CN5)CC4)COC3)cc2)C2CCNC2C1=O. The molecule has 352 valence electrons. The maximum Gasteiger partial charge on any atom is 0.244 e. The fourth-order valence-corrected chi connectivity index (χ4v) is 11.8. The van der Waals surface area contributed by atoms with E-state index in [4.69, 9.17) is 25.8 Å². The smallest absolute Gasteiger partial charge is 0.244 e. The fraction of sp³-hybridized carbons (Fsp3) is 0.549. The second-order valence-corrected chi connectivity index (χ2v) is 21.4. The summed E-state index contributed by atoms with van der Waals surface area (Å²) < 4.78 is 18.9. The molecule has 0 spiro atoms. The number of likely N-dealkylation sites (N-methyl/N-ethyl adjacent to an activating group) is 1. The van der Waals surface area contributed by atoms with Crippen LogP contribution in [-0.2, 0) is 25.5 Å². The van der Waals surface area contributed by atoms with Gasteiger partial charge in [-0.3, -0.25) is 25.1 Å². The highest BCUT2D eigenvalue weighted by Gasteiger charge is 2.64. The molecule has 1 saturated carbocycles. The highest BCUT2D eigenvalue weighted by Crippen LogP contribution is 2.56. The maximum atomic E-state index is 13.7. The van der Waals surface area contributed by atoms with Crippen LogP contribution in [0, 0.1) is 34.0 Å². The van der Waals surface area contributed by atoms with Crippen molar-refractivity contribution in [3.05, 3.63) is 94.1 Å². The summed E-state index contributed by atoms with van der Waals surface area (Å²) in [5, 5.41) is 38.5. The Morgan fingerprint density at radius 1 is 0.955 bits per heavy atom. The Balaban J connectivity index is 0.771. The summed E-state index contributed by atoms with van der Waals surface area (Å²) in [5.74, 6) is 1.90. The lowest BCUT2D eigenvalue weighted by molar-refractivity contribution is -0.174. The van der Waals surface area contributed by atoms with Crippen LogP contribution in [0.2, 0.25) is 5.02 Å². The van der Waals surface area contributed by atoms with Gasteiger partial charge in [0, 0.05) is 79.9 Å². The van der Waals surface area contributed by atoms with E-state index in [-0.39, 0.29) is 64.5 Å². The predicted molar refractivity (Wildman–Crippen MR) is 252 cm³/mol. The molecule has 3 aromatic rings. The number of rotatable bonds is 12. The number of aliphatic hydroxyl groups is 1. The molecule has 5 fully saturated rings. The first kappa shape index (κ1) is 46.5. The summed E-state index contributed by atoms with van der Waals surface area (Å²) >= 11 is 6.29. The molecule has 4 saturated heterocycles. The first-order valence-electron chi connectivity index (χ1n) is 23.5. The summed E-state index contributed by atoms with van der Waals surface area (Å²) in [7, 11) is 1.79. The maximum absolute atomic E-state index is 13.7. The Hall–Kier alpha value is -4.56. The highest BCUT2D eigenvalue weighted by atomic mass is 35.5. The third-order valence-electron chi connectivity index (χ3n) is 15.2. The van der Waals surface area contributed by atoms with Gasteiger partial charge in [-0.05, 0) is 92.8 Å². The molecule has 0 bridgehead atoms. The first-order chi connectivity index (χ1) is 31.4. The van der Waals surface area contributed by atoms with Crippen LogP contribution in [0.15, 0.2) is 66.9 Å². The zero-order valence-corrected chi connectivity index (χ0v) is 39.9. The van der Waals surface area contributed by atoms with Crippen molar-refractivity contribution in [2.24, 2.45) is 22.7 Å². The van der Waals surface area contributed by atoms with Gasteiger partial charge in [0.15, 0.2) is 0 Å². The summed E-state index contributed by atoms with van der Waals surface area (Å²) in [6.45, 7) is 17.0. The van der Waals surface area contributed by atoms with Gasteiger partial charge in [-0.1, -0.05) is 57.5 Å². The van der Waals surface area contributed by atoms with Crippen LogP contribution in [0.5, 0.6) is 17.2 Å². The van der Waals surface area contributed by atoms with E-state index in [1.165, 1.54) is 0 Å². The topological polar surface area (TPSA) is 172 Å². The number of halogens is 1. The molecule has 1 aliphatic carbocycles. The predicted octanol–water partition coefficient (Wildman–Crippen LogP) is 5.39. The summed E-state index contributed by atoms with van der Waals surface area (Å²) in [6, 6.07) is 21.3. The lowest BCUT2D eigenvalue weighted by Gasteiger charge is -2.63. The average Bonchev–Trinajstić information content (AvgIpc) is 3.78. The normalized spacial score (nSPS) is 28.3. The van der Waals surface area contributed by atoms with E-state index >= 15 is 0 Å². The number of likely N-dealkylation sites (tertiary alicyclic amines) is 1. The molecule has 2 amide bonds. The minimum Gasteiger partial charge on any atom is -0.489 e. The van der Waals surface area contributed by atoms with Gasteiger partial charge in [0.25, 0.3) is 0 Å². The minimum atomic E-state index is -1.05. The quantitative estimate of drug-likeness (QED) is 0.137. The minimum absolute atomic E-state index is 0.00179. The van der Waals surface area contributed by atoms with Gasteiger partial charge in [0.2, 0.25) is 11.8 Å². The number of carbonyl (C=O) groups is 2. The second kappa shape index (κ2) is 17.8. The zero-order valence-electron chi connectivity index (χ0n) is 39.2. The van der Waals surface area contributed by atoms with Crippen molar-refractivity contribution in [3.63, 3.8) is 0 Å². The molecular formula is C51H65ClN8O6. The molecule has 5 aliphatic heterocycles. The van der Waals surface area contributed by atoms with E-state index in [9.17, 15) is 20.0 Å². The average molecular weight is 922 g/mol. The van der Waals surface area contributed by atoms with Crippen LogP contribution in [-0.4, -0.2) is 110 Å². The number of fused-ring (bicyclic) bond motifs is 1. The van der Waals surface area contributed by atoms with Gasteiger partial charge in [0.05, 0.1) is 46.9 Å². The van der Waals surface area contributed by atoms with Crippen molar-refractivity contribution in [1.29, 1.82) is 5.26 Å². The molecule has 3 aromatic carbocycles. The molecule has 15 heteroatoms. The lowest BCUT2D eigenvalue weighted by atomic mass is 9.49. The molecule has 0 radical (unpaired) electrons. The van der Waals surface area contributed by atoms with E-state index in [0.717, 1.165) is 61.2 Å². The van der Waals surface area contributed by atoms with Gasteiger partial charge in [0.1, 0.15) is 35.7 Å². The number of carbonyl (C=O) groups excluding carboxylic acids is 2. The molecule has 14 nitrogen and oxygen atoms in total. The molecule has 6 aliphatic rings. The Bertz CT molecular complexity index is 2370. The number of hydrogen-bond acceptors (Lipinski definition) is 12. The van der Waals surface area contributed by atoms with Crippen molar-refractivity contribution in [3.8, 4) is 23.3 Å². The van der Waals surface area contributed by atoms with Crippen molar-refractivity contribution in [2.45, 2.75) is 102 Å². The molecule has 2 atom stereocenters. The molecular weight excluding hydrogens is 856 g/mol. The van der Waals surface area contributed by atoms with Crippen LogP contribution >= 0.6 is 11.6 Å². The molecule has 66 heavy (non-hydrogen) atoms. The van der Waals surface area contributed by atoms with Gasteiger partial charge in [-0.2, -0.15) is 5.26 Å². The Morgan fingerprint density at radius 3 is 2.26 bits per heavy atom. The molecule has 9 rings (SSSR count). The van der Waals surface area contributed by atoms with Crippen molar-refractivity contribution in [1.82, 2.24) is 36.4 Å². The summed E-state index contributed by atoms with van der Waals surface area (Å²) in [6.07, 6.45) is 4.57. The molecule has 5 heterocycles. The summed E-state index contributed by atoms with van der Waals surface area (Å²) in [5.41, 5.74) is 2.26. The van der Waals surface area contributed by atoms with Gasteiger partial charge >= 0.3 is 0 Å². The standard InChI is InChI=1S/C51H65ClN8O6/c1-48(2)45(49(3,4)46(48)66-36-12-8-30(24-53)40(52)23-36)57-43(61)31-25-55-47(56-26-31)60-20-17-34(18-21-60)58-51(28-64-29-51)32-9-13-35(14-10-32)65-41-15-11-33(50(5,6)63)22-38(41)39-27-59(7)44(62)42-37(39)16-19-54-42/h8-15,22-23,27,31,34,37,42,45-47,54-56,58,63H,16-21,25-26,28-29H2,1-7H3,(H,57,61). The monoisotopic (exact) mass is 920 g/mol. The van der Waals surface area contributed by atoms with Gasteiger partial charge < -0.3 is 40.2 Å². The number of nitrogens with one attached hydrogen (secondary N) is 5. The molecule has 2 unspecified atom stereocenters. The van der Waals surface area contributed by atoms with Crippen LogP contribution in [0.25, 0.3) is 5.57 Å². The number of piperidine rings is 1. The van der Waals surface area contributed by atoms with Crippen LogP contribution in [0.3, 0.4) is 0 Å². The van der Waals surface area contributed by atoms with Crippen molar-refractivity contribution in [2.75, 3.05) is 53.0 Å². The summed E-state index contributed by atoms with van der Waals surface area (Å²) in [4.78, 5) is 30.8. The van der Waals surface area contributed by atoms with Gasteiger partial charge in [-0.15, -0.1) is 0 Å². The zero-order chi connectivity index (χ0) is 46.8. The van der Waals surface area contributed by atoms with Crippen LogP contribution in [0.1, 0.15) is 83.1 Å². The second-order valence-electron chi connectivity index (χ2n) is 21.0. The van der Waals surface area contributed by atoms with Gasteiger partial charge in [-0.25, -0.2) is 0 Å². The number of nitrogens with zero attached hydrogens (tertiary/aromatic N) is 3. The largest absolute Gasteiger partial charge is 0.489 e. The number of benzene rings is 3.